The highest BCUT2D eigenvalue weighted by Gasteiger charge is 2.54. The van der Waals surface area contributed by atoms with Crippen LogP contribution in [0.15, 0.2) is 54.6 Å². The molecule has 2 atom stereocenters. The molecule has 2 aromatic carbocycles. The monoisotopic (exact) mass is 391 g/mol. The van der Waals surface area contributed by atoms with Crippen molar-refractivity contribution in [3.05, 3.63) is 65.7 Å². The van der Waals surface area contributed by atoms with E-state index in [9.17, 15) is 9.59 Å². The summed E-state index contributed by atoms with van der Waals surface area (Å²) in [7, 11) is 0. The zero-order valence-electron chi connectivity index (χ0n) is 17.1. The lowest BCUT2D eigenvalue weighted by atomic mass is 9.67. The van der Waals surface area contributed by atoms with Crippen LogP contribution in [0.4, 0.5) is 0 Å². The highest BCUT2D eigenvalue weighted by Crippen LogP contribution is 2.52. The van der Waals surface area contributed by atoms with Gasteiger partial charge in [-0.2, -0.15) is 0 Å². The first kappa shape index (κ1) is 19.7. The van der Waals surface area contributed by atoms with Gasteiger partial charge in [0.25, 0.3) is 0 Å². The van der Waals surface area contributed by atoms with E-state index < -0.39 is 0 Å². The summed E-state index contributed by atoms with van der Waals surface area (Å²) in [5, 5.41) is 0. The molecule has 2 aliphatic rings. The third-order valence-corrected chi connectivity index (χ3v) is 6.52. The molecule has 1 saturated carbocycles. The first-order valence-corrected chi connectivity index (χ1v) is 10.8. The maximum absolute atomic E-state index is 13.3. The van der Waals surface area contributed by atoms with Crippen LogP contribution in [0, 0.1) is 5.92 Å². The molecule has 2 unspecified atom stereocenters. The van der Waals surface area contributed by atoms with Gasteiger partial charge in [-0.05, 0) is 55.9 Å². The minimum absolute atomic E-state index is 0.0219. The summed E-state index contributed by atoms with van der Waals surface area (Å²) in [5.41, 5.74) is 1.96. The molecule has 1 aliphatic carbocycles. The number of piperidine rings is 1. The molecule has 152 valence electrons. The van der Waals surface area contributed by atoms with E-state index in [0.29, 0.717) is 19.6 Å². The summed E-state index contributed by atoms with van der Waals surface area (Å²) in [6.45, 7) is 3.08. The second-order valence-electron chi connectivity index (χ2n) is 8.21. The van der Waals surface area contributed by atoms with E-state index in [0.717, 1.165) is 43.4 Å². The van der Waals surface area contributed by atoms with Crippen molar-refractivity contribution in [1.29, 1.82) is 0 Å². The van der Waals surface area contributed by atoms with Gasteiger partial charge in [-0.1, -0.05) is 48.9 Å². The predicted molar refractivity (Wildman–Crippen MR) is 113 cm³/mol. The Morgan fingerprint density at radius 1 is 1.10 bits per heavy atom. The van der Waals surface area contributed by atoms with Crippen LogP contribution in [0.3, 0.4) is 0 Å². The summed E-state index contributed by atoms with van der Waals surface area (Å²) in [4.78, 5) is 27.9. The highest BCUT2D eigenvalue weighted by molar-refractivity contribution is 6.01. The second-order valence-corrected chi connectivity index (χ2v) is 8.21. The van der Waals surface area contributed by atoms with Crippen LogP contribution in [-0.2, 0) is 21.4 Å². The number of carbonyl (C=O) groups is 2. The maximum Gasteiger partial charge on any atom is 0.233 e. The number of hydrogen-bond acceptors (Lipinski definition) is 3. The van der Waals surface area contributed by atoms with Crippen LogP contribution < -0.4 is 4.74 Å². The Hall–Kier alpha value is -2.62. The minimum atomic E-state index is -0.364. The summed E-state index contributed by atoms with van der Waals surface area (Å²) in [6, 6.07) is 18.2. The van der Waals surface area contributed by atoms with Gasteiger partial charge in [0.05, 0.1) is 6.61 Å². The van der Waals surface area contributed by atoms with Crippen LogP contribution in [0.5, 0.6) is 5.75 Å². The molecule has 0 N–H and O–H groups in total. The lowest BCUT2D eigenvalue weighted by Crippen LogP contribution is -2.54. The maximum atomic E-state index is 13.3. The Bertz CT molecular complexity index is 879. The molecule has 2 fully saturated rings. The Balaban J connectivity index is 1.51. The fourth-order valence-electron chi connectivity index (χ4n) is 5.15. The van der Waals surface area contributed by atoms with Gasteiger partial charge in [-0.15, -0.1) is 0 Å². The molecule has 4 nitrogen and oxygen atoms in total. The van der Waals surface area contributed by atoms with Crippen molar-refractivity contribution >= 4 is 11.8 Å². The summed E-state index contributed by atoms with van der Waals surface area (Å²) in [6.07, 6.45) is 4.85. The third-order valence-electron chi connectivity index (χ3n) is 6.52. The van der Waals surface area contributed by atoms with E-state index >= 15 is 0 Å². The van der Waals surface area contributed by atoms with Crippen molar-refractivity contribution in [2.45, 2.75) is 50.9 Å². The molecule has 0 aromatic heterocycles. The van der Waals surface area contributed by atoms with E-state index in [1.54, 1.807) is 0 Å². The molecule has 0 spiro atoms. The molecular weight excluding hydrogens is 362 g/mol. The molecule has 2 amide bonds. The lowest BCUT2D eigenvalue weighted by molar-refractivity contribution is -0.155. The Morgan fingerprint density at radius 3 is 2.72 bits per heavy atom. The number of carbonyl (C=O) groups excluding carboxylic acids is 2. The molecule has 1 aliphatic heterocycles. The molecule has 1 saturated heterocycles. The van der Waals surface area contributed by atoms with Gasteiger partial charge in [0.2, 0.25) is 11.8 Å². The quantitative estimate of drug-likeness (QED) is 0.652. The average Bonchev–Trinajstić information content (AvgIpc) is 3.17. The normalized spacial score (nSPS) is 23.9. The summed E-state index contributed by atoms with van der Waals surface area (Å²) in [5.74, 6) is 0.709. The van der Waals surface area contributed by atoms with Crippen molar-refractivity contribution in [3.8, 4) is 5.75 Å². The molecule has 0 radical (unpaired) electrons. The van der Waals surface area contributed by atoms with Crippen LogP contribution in [0.1, 0.15) is 50.2 Å². The van der Waals surface area contributed by atoms with Gasteiger partial charge in [-0.3, -0.25) is 14.5 Å². The number of hydrogen-bond donors (Lipinski definition) is 0. The topological polar surface area (TPSA) is 46.6 Å². The summed E-state index contributed by atoms with van der Waals surface area (Å²) < 4.78 is 5.67. The third kappa shape index (κ3) is 3.81. The fraction of sp³-hybridized carbons (Fsp3) is 0.440. The van der Waals surface area contributed by atoms with Crippen LogP contribution in [0.2, 0.25) is 0 Å². The molecule has 1 heterocycles. The van der Waals surface area contributed by atoms with Crippen LogP contribution in [0.25, 0.3) is 0 Å². The molecule has 4 heteroatoms. The standard InChI is InChI=1S/C25H29NO3/c1-2-29-21-13-6-12-20(17-21)25-15-7-14-22(25)24(28)26(23(27)18-25)16-8-11-19-9-4-3-5-10-19/h3-6,9-10,12-13,17,22H,2,7-8,11,14-16,18H2,1H3. The Kier molecular flexibility index (Phi) is 5.70. The van der Waals surface area contributed by atoms with Crippen molar-refractivity contribution in [2.24, 2.45) is 5.92 Å². The first-order chi connectivity index (χ1) is 14.1. The van der Waals surface area contributed by atoms with E-state index in [-0.39, 0.29) is 23.1 Å². The zero-order chi connectivity index (χ0) is 20.3. The number of likely N-dealkylation sites (tertiary alicyclic amines) is 1. The molecular formula is C25H29NO3. The minimum Gasteiger partial charge on any atom is -0.494 e. The number of ether oxygens (including phenoxy) is 1. The average molecular weight is 392 g/mol. The van der Waals surface area contributed by atoms with E-state index in [1.807, 2.05) is 43.3 Å². The Morgan fingerprint density at radius 2 is 1.93 bits per heavy atom. The van der Waals surface area contributed by atoms with Crippen molar-refractivity contribution in [3.63, 3.8) is 0 Å². The van der Waals surface area contributed by atoms with Crippen LogP contribution >= 0.6 is 0 Å². The smallest absolute Gasteiger partial charge is 0.233 e. The number of aryl methyl sites for hydroxylation is 1. The van der Waals surface area contributed by atoms with Gasteiger partial charge in [0.1, 0.15) is 5.75 Å². The van der Waals surface area contributed by atoms with Crippen LogP contribution in [-0.4, -0.2) is 29.9 Å². The molecule has 2 aromatic rings. The largest absolute Gasteiger partial charge is 0.494 e. The Labute approximate surface area is 172 Å². The highest BCUT2D eigenvalue weighted by atomic mass is 16.5. The van der Waals surface area contributed by atoms with Gasteiger partial charge in [-0.25, -0.2) is 0 Å². The molecule has 4 rings (SSSR count). The van der Waals surface area contributed by atoms with Crippen molar-refractivity contribution in [1.82, 2.24) is 4.90 Å². The molecule has 29 heavy (non-hydrogen) atoms. The van der Waals surface area contributed by atoms with Gasteiger partial charge in [0, 0.05) is 24.3 Å². The SMILES string of the molecule is CCOc1cccc(C23CCCC2C(=O)N(CCCc2ccccc2)C(=O)C3)c1. The van der Waals surface area contributed by atoms with Gasteiger partial charge in [0.15, 0.2) is 0 Å². The lowest BCUT2D eigenvalue weighted by Gasteiger charge is -2.42. The first-order valence-electron chi connectivity index (χ1n) is 10.8. The fourth-order valence-corrected chi connectivity index (χ4v) is 5.15. The predicted octanol–water partition coefficient (Wildman–Crippen LogP) is 4.51. The van der Waals surface area contributed by atoms with Crippen molar-refractivity contribution in [2.75, 3.05) is 13.2 Å². The molecule has 0 bridgehead atoms. The van der Waals surface area contributed by atoms with E-state index in [1.165, 1.54) is 10.5 Å². The second kappa shape index (κ2) is 8.40. The number of fused-ring (bicyclic) bond motifs is 1. The number of rotatable bonds is 7. The number of imide groups is 1. The van der Waals surface area contributed by atoms with Gasteiger partial charge < -0.3 is 4.74 Å². The van der Waals surface area contributed by atoms with Gasteiger partial charge >= 0.3 is 0 Å². The summed E-state index contributed by atoms with van der Waals surface area (Å²) >= 11 is 0. The van der Waals surface area contributed by atoms with Crippen molar-refractivity contribution < 1.29 is 14.3 Å². The number of nitrogens with zero attached hydrogens (tertiary/aromatic N) is 1. The number of amides is 2. The zero-order valence-corrected chi connectivity index (χ0v) is 17.1. The number of benzene rings is 2. The van der Waals surface area contributed by atoms with E-state index in [2.05, 4.69) is 18.2 Å². The van der Waals surface area contributed by atoms with E-state index in [4.69, 9.17) is 4.74 Å².